The number of hydrogen-bond donors (Lipinski definition) is 1. The molecule has 2 heterocycles. The van der Waals surface area contributed by atoms with Crippen LogP contribution in [0.1, 0.15) is 78.8 Å². The fourth-order valence-corrected chi connectivity index (χ4v) is 4.93. The van der Waals surface area contributed by atoms with Crippen LogP contribution in [0, 0.1) is 0 Å². The number of aromatic hydroxyl groups is 1. The molecule has 6 heteroatoms. The first kappa shape index (κ1) is 23.7. The first-order valence-electron chi connectivity index (χ1n) is 12.3. The van der Waals surface area contributed by atoms with Crippen LogP contribution in [0.15, 0.2) is 65.5 Å². The Morgan fingerprint density at radius 3 is 2.41 bits per heavy atom. The van der Waals surface area contributed by atoms with Crippen LogP contribution >= 0.6 is 0 Å². The molecule has 1 amide bonds. The third-order valence-electron chi connectivity index (χ3n) is 6.77. The van der Waals surface area contributed by atoms with Gasteiger partial charge < -0.3 is 10.0 Å². The largest absolute Gasteiger partial charge is 0.494 e. The summed E-state index contributed by atoms with van der Waals surface area (Å²) in [6.45, 7) is 5.18. The van der Waals surface area contributed by atoms with E-state index in [1.807, 2.05) is 55.5 Å². The maximum atomic E-state index is 13.5. The second-order valence-electron chi connectivity index (χ2n) is 8.99. The van der Waals surface area contributed by atoms with Gasteiger partial charge in [-0.15, -0.1) is 0 Å². The predicted octanol–water partition coefficient (Wildman–Crippen LogP) is 4.92. The first-order chi connectivity index (χ1) is 16.5. The molecule has 1 fully saturated rings. The Morgan fingerprint density at radius 2 is 1.76 bits per heavy atom. The van der Waals surface area contributed by atoms with Gasteiger partial charge in [-0.3, -0.25) is 14.2 Å². The summed E-state index contributed by atoms with van der Waals surface area (Å²) in [6.07, 6.45) is 3.86. The molecule has 6 nitrogen and oxygen atoms in total. The van der Waals surface area contributed by atoms with Gasteiger partial charge in [0.25, 0.3) is 11.5 Å². The summed E-state index contributed by atoms with van der Waals surface area (Å²) in [7, 11) is 0. The number of amides is 1. The number of aromatic nitrogens is 2. The number of aryl methyl sites for hydroxylation is 1. The molecule has 0 spiro atoms. The quantitative estimate of drug-likeness (QED) is 0.519. The van der Waals surface area contributed by atoms with Crippen molar-refractivity contribution in [1.82, 2.24) is 14.5 Å². The molecule has 4 rings (SSSR count). The number of rotatable bonds is 8. The summed E-state index contributed by atoms with van der Waals surface area (Å²) in [4.78, 5) is 32.6. The third kappa shape index (κ3) is 4.76. The topological polar surface area (TPSA) is 75.4 Å². The minimum atomic E-state index is -0.643. The number of likely N-dealkylation sites (tertiary alicyclic amines) is 1. The van der Waals surface area contributed by atoms with Crippen LogP contribution in [0.3, 0.4) is 0 Å². The molecule has 1 saturated heterocycles. The van der Waals surface area contributed by atoms with E-state index in [-0.39, 0.29) is 23.4 Å². The van der Waals surface area contributed by atoms with Crippen molar-refractivity contribution in [2.24, 2.45) is 0 Å². The normalized spacial score (nSPS) is 16.5. The molecule has 1 aromatic heterocycles. The van der Waals surface area contributed by atoms with Crippen molar-refractivity contribution in [2.75, 3.05) is 13.1 Å². The lowest BCUT2D eigenvalue weighted by Crippen LogP contribution is -2.35. The summed E-state index contributed by atoms with van der Waals surface area (Å²) >= 11 is 0. The van der Waals surface area contributed by atoms with E-state index in [1.165, 1.54) is 5.56 Å². The van der Waals surface area contributed by atoms with Gasteiger partial charge in [0, 0.05) is 25.4 Å². The van der Waals surface area contributed by atoms with E-state index >= 15 is 0 Å². The van der Waals surface area contributed by atoms with Gasteiger partial charge in [-0.05, 0) is 30.4 Å². The van der Waals surface area contributed by atoms with Crippen molar-refractivity contribution in [3.8, 4) is 5.88 Å². The van der Waals surface area contributed by atoms with Gasteiger partial charge in [-0.1, -0.05) is 80.9 Å². The van der Waals surface area contributed by atoms with Crippen molar-refractivity contribution in [3.63, 3.8) is 0 Å². The average molecular weight is 460 g/mol. The van der Waals surface area contributed by atoms with Crippen molar-refractivity contribution < 1.29 is 9.90 Å². The molecule has 0 bridgehead atoms. The highest BCUT2D eigenvalue weighted by atomic mass is 16.3. The highest BCUT2D eigenvalue weighted by Gasteiger charge is 2.33. The molecule has 0 unspecified atom stereocenters. The molecule has 3 aromatic rings. The lowest BCUT2D eigenvalue weighted by atomic mass is 9.99. The van der Waals surface area contributed by atoms with Crippen LogP contribution < -0.4 is 5.56 Å². The monoisotopic (exact) mass is 459 g/mol. The number of hydrogen-bond acceptors (Lipinski definition) is 4. The molecule has 1 N–H and O–H groups in total. The Kier molecular flexibility index (Phi) is 7.46. The highest BCUT2D eigenvalue weighted by molar-refractivity contribution is 5.96. The summed E-state index contributed by atoms with van der Waals surface area (Å²) in [5, 5.41) is 11.4. The maximum absolute atomic E-state index is 13.5. The number of nitrogens with zero attached hydrogens (tertiary/aromatic N) is 3. The van der Waals surface area contributed by atoms with E-state index in [2.05, 4.69) is 24.0 Å². The zero-order chi connectivity index (χ0) is 24.1. The van der Waals surface area contributed by atoms with E-state index < -0.39 is 11.5 Å². The van der Waals surface area contributed by atoms with Crippen LogP contribution in [0.2, 0.25) is 0 Å². The van der Waals surface area contributed by atoms with Crippen LogP contribution in [-0.4, -0.2) is 38.6 Å². The molecule has 0 aliphatic carbocycles. The van der Waals surface area contributed by atoms with Crippen molar-refractivity contribution in [2.45, 2.75) is 57.9 Å². The fourth-order valence-electron chi connectivity index (χ4n) is 4.93. The van der Waals surface area contributed by atoms with E-state index in [0.717, 1.165) is 24.8 Å². The molecular formula is C28H33N3O3. The Balaban J connectivity index is 1.72. The van der Waals surface area contributed by atoms with E-state index in [1.54, 1.807) is 9.47 Å². The fraction of sp³-hybridized carbons (Fsp3) is 0.393. The van der Waals surface area contributed by atoms with Gasteiger partial charge in [0.15, 0.2) is 5.56 Å². The van der Waals surface area contributed by atoms with Gasteiger partial charge in [0.05, 0.1) is 6.04 Å². The standard InChI is InChI=1S/C28H33N3O3/c1-3-5-16-24-29-26(32)25(28(34)31(24)23(4-2)21-14-10-7-11-15-21)27(33)30-18-17-22(19-30)20-12-8-6-9-13-20/h6-15,22-23,34H,3-5,16-19H2,1-2H3/t22-,23+/m0/s1. The Bertz CT molecular complexity index is 1170. The number of carbonyl (C=O) groups is 1. The summed E-state index contributed by atoms with van der Waals surface area (Å²) in [5.74, 6) is 0.0429. The minimum absolute atomic E-state index is 0.219. The van der Waals surface area contributed by atoms with Gasteiger partial charge in [0.1, 0.15) is 5.82 Å². The van der Waals surface area contributed by atoms with Crippen LogP contribution in [0.25, 0.3) is 0 Å². The summed E-state index contributed by atoms with van der Waals surface area (Å²) in [6, 6.07) is 19.8. The van der Waals surface area contributed by atoms with Gasteiger partial charge in [-0.2, -0.15) is 4.98 Å². The van der Waals surface area contributed by atoms with E-state index in [0.29, 0.717) is 31.8 Å². The molecule has 178 valence electrons. The Hall–Kier alpha value is -3.41. The maximum Gasteiger partial charge on any atom is 0.289 e. The lowest BCUT2D eigenvalue weighted by Gasteiger charge is -2.26. The molecule has 1 aliphatic heterocycles. The molecule has 34 heavy (non-hydrogen) atoms. The van der Waals surface area contributed by atoms with Crippen molar-refractivity contribution >= 4 is 5.91 Å². The average Bonchev–Trinajstić information content (AvgIpc) is 3.36. The van der Waals surface area contributed by atoms with Gasteiger partial charge in [-0.25, -0.2) is 0 Å². The number of benzene rings is 2. The molecular weight excluding hydrogens is 426 g/mol. The van der Waals surface area contributed by atoms with E-state index in [4.69, 9.17) is 0 Å². The smallest absolute Gasteiger partial charge is 0.289 e. The molecule has 2 atom stereocenters. The highest BCUT2D eigenvalue weighted by Crippen LogP contribution is 2.32. The molecule has 2 aromatic carbocycles. The second-order valence-corrected chi connectivity index (χ2v) is 8.99. The zero-order valence-corrected chi connectivity index (χ0v) is 20.0. The zero-order valence-electron chi connectivity index (χ0n) is 20.0. The summed E-state index contributed by atoms with van der Waals surface area (Å²) < 4.78 is 1.71. The van der Waals surface area contributed by atoms with Crippen LogP contribution in [0.4, 0.5) is 0 Å². The van der Waals surface area contributed by atoms with Crippen LogP contribution in [-0.2, 0) is 6.42 Å². The third-order valence-corrected chi connectivity index (χ3v) is 6.77. The molecule has 1 aliphatic rings. The Morgan fingerprint density at radius 1 is 1.09 bits per heavy atom. The second kappa shape index (κ2) is 10.7. The van der Waals surface area contributed by atoms with Crippen LogP contribution in [0.5, 0.6) is 5.88 Å². The molecule has 0 radical (unpaired) electrons. The van der Waals surface area contributed by atoms with Crippen molar-refractivity contribution in [1.29, 1.82) is 0 Å². The first-order valence-corrected chi connectivity index (χ1v) is 12.3. The van der Waals surface area contributed by atoms with E-state index in [9.17, 15) is 14.7 Å². The van der Waals surface area contributed by atoms with Crippen molar-refractivity contribution in [3.05, 3.63) is 93.5 Å². The number of carbonyl (C=O) groups excluding carboxylic acids is 1. The predicted molar refractivity (Wildman–Crippen MR) is 133 cm³/mol. The van der Waals surface area contributed by atoms with Gasteiger partial charge >= 0.3 is 0 Å². The van der Waals surface area contributed by atoms with Gasteiger partial charge in [0.2, 0.25) is 5.88 Å². The molecule has 0 saturated carbocycles. The number of unbranched alkanes of at least 4 members (excludes halogenated alkanes) is 1. The SMILES string of the molecule is CCCCc1nc(=O)c(C(=O)N2CC[C@H](c3ccccc3)C2)c(O)n1[C@H](CC)c1ccccc1. The minimum Gasteiger partial charge on any atom is -0.494 e. The summed E-state index contributed by atoms with van der Waals surface area (Å²) in [5.41, 5.74) is 1.33. The lowest BCUT2D eigenvalue weighted by molar-refractivity contribution is 0.0783. The Labute approximate surface area is 200 Å².